The summed E-state index contributed by atoms with van der Waals surface area (Å²) in [4.78, 5) is 38.8. The maximum Gasteiger partial charge on any atom is 0.326 e. The van der Waals surface area contributed by atoms with Crippen LogP contribution < -0.4 is 4.74 Å². The van der Waals surface area contributed by atoms with Gasteiger partial charge >= 0.3 is 5.97 Å². The van der Waals surface area contributed by atoms with Crippen LogP contribution in [0.5, 0.6) is 5.75 Å². The fourth-order valence-corrected chi connectivity index (χ4v) is 5.08. The molecule has 6 heteroatoms. The Hall–Kier alpha value is -1.79. The van der Waals surface area contributed by atoms with Crippen molar-refractivity contribution in [3.8, 4) is 5.75 Å². The van der Waals surface area contributed by atoms with Crippen LogP contribution in [-0.4, -0.2) is 17.5 Å². The van der Waals surface area contributed by atoms with Crippen molar-refractivity contribution < 1.29 is 19.1 Å². The summed E-state index contributed by atoms with van der Waals surface area (Å²) >= 11 is 6.77. The van der Waals surface area contributed by atoms with Crippen molar-refractivity contribution >= 4 is 49.4 Å². The summed E-state index contributed by atoms with van der Waals surface area (Å²) in [7, 11) is 0. The number of esters is 1. The lowest BCUT2D eigenvalue weighted by Gasteiger charge is -2.21. The highest BCUT2D eigenvalue weighted by Gasteiger charge is 2.86. The van der Waals surface area contributed by atoms with Gasteiger partial charge in [0.1, 0.15) is 16.9 Å². The molecule has 0 spiro atoms. The Morgan fingerprint density at radius 3 is 2.27 bits per heavy atom. The molecular formula is C20H14Br2O4. The van der Waals surface area contributed by atoms with E-state index in [0.717, 1.165) is 8.95 Å². The molecule has 0 saturated heterocycles. The van der Waals surface area contributed by atoms with E-state index in [0.29, 0.717) is 16.9 Å². The molecular weight excluding hydrogens is 464 g/mol. The number of carbonyl (C=O) groups excluding carboxylic acids is 3. The highest BCUT2D eigenvalue weighted by Crippen LogP contribution is 2.78. The predicted octanol–water partition coefficient (Wildman–Crippen LogP) is 4.69. The van der Waals surface area contributed by atoms with Gasteiger partial charge in [-0.1, -0.05) is 50.9 Å². The van der Waals surface area contributed by atoms with Crippen molar-refractivity contribution in [1.29, 1.82) is 0 Å². The third kappa shape index (κ3) is 2.03. The first-order valence-corrected chi connectivity index (χ1v) is 9.66. The number of Topliss-reactive ketones (excluding diaryl/α,β-unsaturated/α-hetero) is 2. The zero-order valence-corrected chi connectivity index (χ0v) is 17.2. The molecule has 0 N–H and O–H groups in total. The van der Waals surface area contributed by atoms with Gasteiger partial charge in [0.2, 0.25) is 0 Å². The summed E-state index contributed by atoms with van der Waals surface area (Å²) in [6.45, 7) is 3.05. The summed E-state index contributed by atoms with van der Waals surface area (Å²) in [5.41, 5.74) is -1.46. The molecule has 2 aliphatic rings. The first kappa shape index (κ1) is 17.6. The monoisotopic (exact) mass is 476 g/mol. The summed E-state index contributed by atoms with van der Waals surface area (Å²) in [5, 5.41) is 0. The van der Waals surface area contributed by atoms with Crippen LogP contribution in [0.3, 0.4) is 0 Å². The standard InChI is InChI=1S/C20H14Br2O4/c1-10(23)20-16(14-9-13(22)7-8-15(14)26-18(20)25)19(20,2)17(24)11-3-5-12(21)6-4-11/h3-9,16H,1-2H3/t16-,19+,20+/m0/s1. The largest absolute Gasteiger partial charge is 0.425 e. The zero-order valence-electron chi connectivity index (χ0n) is 14.0. The first-order chi connectivity index (χ1) is 12.2. The van der Waals surface area contributed by atoms with E-state index in [1.54, 1.807) is 43.3 Å². The Morgan fingerprint density at radius 2 is 1.65 bits per heavy atom. The van der Waals surface area contributed by atoms with Gasteiger partial charge in [-0.25, -0.2) is 0 Å². The predicted molar refractivity (Wildman–Crippen MR) is 102 cm³/mol. The van der Waals surface area contributed by atoms with Gasteiger partial charge in [0, 0.05) is 26.0 Å². The van der Waals surface area contributed by atoms with Crippen molar-refractivity contribution in [2.24, 2.45) is 10.8 Å². The normalized spacial score (nSPS) is 28.6. The van der Waals surface area contributed by atoms with Crippen molar-refractivity contribution in [3.05, 3.63) is 62.5 Å². The first-order valence-electron chi connectivity index (χ1n) is 8.07. The highest BCUT2D eigenvalue weighted by molar-refractivity contribution is 9.10. The van der Waals surface area contributed by atoms with E-state index >= 15 is 0 Å². The van der Waals surface area contributed by atoms with Crippen LogP contribution >= 0.6 is 31.9 Å². The van der Waals surface area contributed by atoms with Gasteiger partial charge in [0.25, 0.3) is 0 Å². The quantitative estimate of drug-likeness (QED) is 0.278. The molecule has 0 unspecified atom stereocenters. The van der Waals surface area contributed by atoms with E-state index in [4.69, 9.17) is 4.74 Å². The molecule has 1 fully saturated rings. The Morgan fingerprint density at radius 1 is 1.04 bits per heavy atom. The van der Waals surface area contributed by atoms with E-state index in [1.165, 1.54) is 6.92 Å². The van der Waals surface area contributed by atoms with Gasteiger partial charge in [-0.15, -0.1) is 0 Å². The molecule has 132 valence electrons. The van der Waals surface area contributed by atoms with Gasteiger partial charge < -0.3 is 4.74 Å². The van der Waals surface area contributed by atoms with Gasteiger partial charge in [-0.3, -0.25) is 14.4 Å². The number of benzene rings is 2. The molecule has 4 rings (SSSR count). The molecule has 3 atom stereocenters. The molecule has 2 aromatic carbocycles. The molecule has 26 heavy (non-hydrogen) atoms. The Labute approximate surface area is 167 Å². The molecule has 2 aromatic rings. The maximum atomic E-state index is 13.4. The smallest absolute Gasteiger partial charge is 0.326 e. The fraction of sp³-hybridized carbons (Fsp3) is 0.250. The number of ketones is 2. The number of fused-ring (bicyclic) bond motifs is 3. The van der Waals surface area contributed by atoms with Crippen LogP contribution in [0.1, 0.15) is 35.7 Å². The molecule has 1 aliphatic carbocycles. The van der Waals surface area contributed by atoms with Gasteiger partial charge in [-0.2, -0.15) is 0 Å². The van der Waals surface area contributed by atoms with E-state index in [1.807, 2.05) is 6.07 Å². The Balaban J connectivity index is 1.91. The molecule has 0 radical (unpaired) electrons. The van der Waals surface area contributed by atoms with Gasteiger partial charge in [0.15, 0.2) is 5.78 Å². The SMILES string of the molecule is CC(=O)[C@]12C(=O)Oc3ccc(Br)cc3[C@H]1[C@]2(C)C(=O)c1ccc(Br)cc1. The van der Waals surface area contributed by atoms with E-state index in [-0.39, 0.29) is 11.6 Å². The van der Waals surface area contributed by atoms with Crippen LogP contribution in [0.2, 0.25) is 0 Å². The highest BCUT2D eigenvalue weighted by atomic mass is 79.9. The van der Waals surface area contributed by atoms with Gasteiger partial charge in [0.05, 0.1) is 5.41 Å². The maximum absolute atomic E-state index is 13.4. The van der Waals surface area contributed by atoms with Crippen LogP contribution in [0.4, 0.5) is 0 Å². The molecule has 0 bridgehead atoms. The second kappa shape index (κ2) is 5.60. The molecule has 0 amide bonds. The molecule has 4 nitrogen and oxygen atoms in total. The van der Waals surface area contributed by atoms with Crippen molar-refractivity contribution in [3.63, 3.8) is 0 Å². The van der Waals surface area contributed by atoms with Crippen LogP contribution in [0.15, 0.2) is 51.4 Å². The topological polar surface area (TPSA) is 60.4 Å². The second-order valence-corrected chi connectivity index (χ2v) is 8.74. The third-order valence-corrected chi connectivity index (χ3v) is 6.71. The third-order valence-electron chi connectivity index (χ3n) is 5.69. The van der Waals surface area contributed by atoms with Gasteiger partial charge in [-0.05, 0) is 37.3 Å². The number of hydrogen-bond donors (Lipinski definition) is 0. The lowest BCUT2D eigenvalue weighted by molar-refractivity contribution is -0.147. The van der Waals surface area contributed by atoms with E-state index in [2.05, 4.69) is 31.9 Å². The number of halogens is 2. The summed E-state index contributed by atoms with van der Waals surface area (Å²) in [5.74, 6) is -1.33. The van der Waals surface area contributed by atoms with Crippen molar-refractivity contribution in [2.75, 3.05) is 0 Å². The average Bonchev–Trinajstić information content (AvgIpc) is 3.20. The molecule has 1 aliphatic heterocycles. The number of carbonyl (C=O) groups is 3. The number of hydrogen-bond acceptors (Lipinski definition) is 4. The Bertz CT molecular complexity index is 982. The minimum Gasteiger partial charge on any atom is -0.425 e. The lowest BCUT2D eigenvalue weighted by Crippen LogP contribution is -2.37. The number of ether oxygens (including phenoxy) is 1. The fourth-order valence-electron chi connectivity index (χ4n) is 4.44. The average molecular weight is 478 g/mol. The second-order valence-electron chi connectivity index (χ2n) is 6.91. The molecule has 0 aromatic heterocycles. The Kier molecular flexibility index (Phi) is 3.80. The summed E-state index contributed by atoms with van der Waals surface area (Å²) < 4.78 is 7.12. The van der Waals surface area contributed by atoms with Crippen LogP contribution in [-0.2, 0) is 9.59 Å². The summed E-state index contributed by atoms with van der Waals surface area (Å²) in [6.07, 6.45) is 0. The van der Waals surface area contributed by atoms with Crippen LogP contribution in [0, 0.1) is 10.8 Å². The molecule has 1 heterocycles. The van der Waals surface area contributed by atoms with Crippen molar-refractivity contribution in [2.45, 2.75) is 19.8 Å². The minimum atomic E-state index is -1.47. The minimum absolute atomic E-state index is 0.227. The van der Waals surface area contributed by atoms with Crippen molar-refractivity contribution in [1.82, 2.24) is 0 Å². The zero-order chi connectivity index (χ0) is 18.9. The lowest BCUT2D eigenvalue weighted by atomic mass is 9.85. The van der Waals surface area contributed by atoms with Crippen LogP contribution in [0.25, 0.3) is 0 Å². The van der Waals surface area contributed by atoms with E-state index < -0.39 is 22.7 Å². The number of rotatable bonds is 3. The molecule has 1 saturated carbocycles. The van der Waals surface area contributed by atoms with E-state index in [9.17, 15) is 14.4 Å². The summed E-state index contributed by atoms with van der Waals surface area (Å²) in [6, 6.07) is 12.2.